The van der Waals surface area contributed by atoms with Crippen LogP contribution >= 0.6 is 0 Å². The number of amides is 1. The molecule has 26 heavy (non-hydrogen) atoms. The molecule has 2 aromatic rings. The number of carbonyl (C=O) groups excluding carboxylic acids is 1. The van der Waals surface area contributed by atoms with Gasteiger partial charge in [0, 0.05) is 27.2 Å². The van der Waals surface area contributed by atoms with Crippen molar-refractivity contribution in [2.24, 2.45) is 31.7 Å². The van der Waals surface area contributed by atoms with E-state index < -0.39 is 17.2 Å². The van der Waals surface area contributed by atoms with E-state index in [1.807, 2.05) is 0 Å². The number of carbonyl (C=O) groups is 1. The maximum atomic E-state index is 12.6. The van der Waals surface area contributed by atoms with Crippen molar-refractivity contribution in [2.75, 3.05) is 13.1 Å². The summed E-state index contributed by atoms with van der Waals surface area (Å²) in [5.41, 5.74) is 5.01. The monoisotopic (exact) mass is 362 g/mol. The zero-order valence-corrected chi connectivity index (χ0v) is 15.7. The van der Waals surface area contributed by atoms with Crippen molar-refractivity contribution < 1.29 is 4.79 Å². The number of nitrogens with two attached hydrogens (primary N) is 1. The Morgan fingerprint density at radius 2 is 1.77 bits per heavy atom. The van der Waals surface area contributed by atoms with E-state index in [2.05, 4.69) is 23.7 Å². The highest BCUT2D eigenvalue weighted by molar-refractivity contribution is 5.78. The maximum absolute atomic E-state index is 12.6. The molecule has 142 valence electrons. The third-order valence-electron chi connectivity index (χ3n) is 5.05. The molecule has 9 nitrogen and oxygen atoms in total. The Kier molecular flexibility index (Phi) is 4.74. The lowest BCUT2D eigenvalue weighted by molar-refractivity contribution is -0.118. The molecule has 0 unspecified atom stereocenters. The Hall–Kier alpha value is -2.42. The van der Waals surface area contributed by atoms with Crippen molar-refractivity contribution >= 4 is 17.1 Å². The molecule has 0 spiro atoms. The normalized spacial score (nSPS) is 21.4. The van der Waals surface area contributed by atoms with Crippen LogP contribution in [0.4, 0.5) is 0 Å². The van der Waals surface area contributed by atoms with E-state index in [4.69, 9.17) is 5.73 Å². The molecule has 0 saturated carbocycles. The van der Waals surface area contributed by atoms with E-state index in [1.54, 1.807) is 11.6 Å². The number of aromatic nitrogens is 4. The van der Waals surface area contributed by atoms with Crippen molar-refractivity contribution in [1.82, 2.24) is 23.6 Å². The average Bonchev–Trinajstić information content (AvgIpc) is 2.88. The Bertz CT molecular complexity index is 960. The van der Waals surface area contributed by atoms with Crippen LogP contribution in [0.25, 0.3) is 11.2 Å². The van der Waals surface area contributed by atoms with Crippen molar-refractivity contribution in [1.29, 1.82) is 0 Å². The molecule has 3 rings (SSSR count). The van der Waals surface area contributed by atoms with E-state index in [0.29, 0.717) is 24.2 Å². The first-order valence-corrected chi connectivity index (χ1v) is 8.84. The van der Waals surface area contributed by atoms with Gasteiger partial charge in [0.05, 0.1) is 6.54 Å². The fourth-order valence-corrected chi connectivity index (χ4v) is 4.06. The zero-order chi connectivity index (χ0) is 19.2. The van der Waals surface area contributed by atoms with Crippen LogP contribution in [0.3, 0.4) is 0 Å². The zero-order valence-electron chi connectivity index (χ0n) is 15.7. The van der Waals surface area contributed by atoms with Gasteiger partial charge in [-0.2, -0.15) is 0 Å². The number of piperidine rings is 1. The second kappa shape index (κ2) is 6.71. The van der Waals surface area contributed by atoms with Gasteiger partial charge in [0.1, 0.15) is 12.4 Å². The molecular formula is C17H26N6O3. The van der Waals surface area contributed by atoms with Gasteiger partial charge < -0.3 is 10.3 Å². The van der Waals surface area contributed by atoms with Crippen LogP contribution in [-0.2, 0) is 32.0 Å². The van der Waals surface area contributed by atoms with Crippen LogP contribution in [0.1, 0.15) is 26.1 Å². The van der Waals surface area contributed by atoms with Crippen LogP contribution in [0.5, 0.6) is 0 Å². The molecular weight excluding hydrogens is 336 g/mol. The smallest absolute Gasteiger partial charge is 0.332 e. The Morgan fingerprint density at radius 3 is 2.35 bits per heavy atom. The Labute approximate surface area is 151 Å². The van der Waals surface area contributed by atoms with E-state index in [0.717, 1.165) is 17.7 Å². The van der Waals surface area contributed by atoms with Crippen LogP contribution in [0.15, 0.2) is 9.59 Å². The minimum atomic E-state index is -0.554. The summed E-state index contributed by atoms with van der Waals surface area (Å²) in [4.78, 5) is 43.2. The lowest BCUT2D eigenvalue weighted by Gasteiger charge is -2.34. The van der Waals surface area contributed by atoms with Gasteiger partial charge in [0.15, 0.2) is 11.2 Å². The third kappa shape index (κ3) is 3.18. The number of rotatable bonds is 4. The Morgan fingerprint density at radius 1 is 1.15 bits per heavy atom. The number of primary amides is 1. The first kappa shape index (κ1) is 18.4. The molecule has 9 heteroatoms. The van der Waals surface area contributed by atoms with Crippen LogP contribution < -0.4 is 17.0 Å². The van der Waals surface area contributed by atoms with Crippen LogP contribution in [0.2, 0.25) is 0 Å². The lowest BCUT2D eigenvalue weighted by Crippen LogP contribution is -2.39. The highest BCUT2D eigenvalue weighted by atomic mass is 16.2. The third-order valence-corrected chi connectivity index (χ3v) is 5.05. The van der Waals surface area contributed by atoms with E-state index >= 15 is 0 Å². The first-order valence-electron chi connectivity index (χ1n) is 8.84. The number of hydrogen-bond acceptors (Lipinski definition) is 5. The molecule has 2 aromatic heterocycles. The van der Waals surface area contributed by atoms with Gasteiger partial charge in [-0.3, -0.25) is 23.6 Å². The standard InChI is InChI=1S/C17H26N6O3/c1-10-5-11(2)7-22(6-10)9-13-19-15-14(23(13)8-12(18)24)16(25)21(4)17(26)20(15)3/h10-11H,5-9H2,1-4H3,(H2,18,24)/t10-,11-/m1/s1. The summed E-state index contributed by atoms with van der Waals surface area (Å²) in [6, 6.07) is 0. The van der Waals surface area contributed by atoms with Gasteiger partial charge in [-0.25, -0.2) is 9.78 Å². The molecule has 0 aliphatic carbocycles. The molecule has 2 N–H and O–H groups in total. The van der Waals surface area contributed by atoms with Gasteiger partial charge in [-0.15, -0.1) is 0 Å². The molecule has 2 atom stereocenters. The predicted octanol–water partition coefficient (Wildman–Crippen LogP) is -0.603. The molecule has 3 heterocycles. The van der Waals surface area contributed by atoms with Gasteiger partial charge >= 0.3 is 5.69 Å². The number of aryl methyl sites for hydroxylation is 1. The lowest BCUT2D eigenvalue weighted by atomic mass is 9.92. The molecule has 0 aromatic carbocycles. The summed E-state index contributed by atoms with van der Waals surface area (Å²) in [5, 5.41) is 0. The van der Waals surface area contributed by atoms with Crippen molar-refractivity contribution in [3.8, 4) is 0 Å². The van der Waals surface area contributed by atoms with Crippen LogP contribution in [-0.4, -0.2) is 42.6 Å². The molecule has 1 aliphatic rings. The van der Waals surface area contributed by atoms with Crippen molar-refractivity contribution in [3.05, 3.63) is 26.7 Å². The van der Waals surface area contributed by atoms with E-state index in [1.165, 1.54) is 18.0 Å². The first-order chi connectivity index (χ1) is 12.2. The average molecular weight is 362 g/mol. The minimum Gasteiger partial charge on any atom is -0.368 e. The van der Waals surface area contributed by atoms with Gasteiger partial charge in [0.25, 0.3) is 5.56 Å². The SMILES string of the molecule is C[C@@H]1C[C@@H](C)CN(Cc2nc3c(c(=O)n(C)c(=O)n3C)n2CC(N)=O)C1. The molecule has 1 fully saturated rings. The van der Waals surface area contributed by atoms with Gasteiger partial charge in [-0.1, -0.05) is 13.8 Å². The second-order valence-corrected chi connectivity index (χ2v) is 7.60. The number of hydrogen-bond donors (Lipinski definition) is 1. The molecule has 0 bridgehead atoms. The summed E-state index contributed by atoms with van der Waals surface area (Å²) in [6.07, 6.45) is 1.18. The summed E-state index contributed by atoms with van der Waals surface area (Å²) in [7, 11) is 2.99. The maximum Gasteiger partial charge on any atom is 0.332 e. The summed E-state index contributed by atoms with van der Waals surface area (Å²) >= 11 is 0. The van der Waals surface area contributed by atoms with Crippen molar-refractivity contribution in [2.45, 2.75) is 33.4 Å². The Balaban J connectivity index is 2.14. The predicted molar refractivity (Wildman–Crippen MR) is 97.6 cm³/mol. The topological polar surface area (TPSA) is 108 Å². The van der Waals surface area contributed by atoms with Gasteiger partial charge in [-0.05, 0) is 18.3 Å². The molecule has 1 amide bonds. The molecule has 0 radical (unpaired) electrons. The quantitative estimate of drug-likeness (QED) is 0.781. The summed E-state index contributed by atoms with van der Waals surface area (Å²) in [5.74, 6) is 1.18. The highest BCUT2D eigenvalue weighted by Gasteiger charge is 2.25. The fraction of sp³-hybridized carbons (Fsp3) is 0.647. The number of fused-ring (bicyclic) bond motifs is 1. The largest absolute Gasteiger partial charge is 0.368 e. The fourth-order valence-electron chi connectivity index (χ4n) is 4.06. The molecule has 1 aliphatic heterocycles. The number of likely N-dealkylation sites (tertiary alicyclic amines) is 1. The van der Waals surface area contributed by atoms with E-state index in [9.17, 15) is 14.4 Å². The van der Waals surface area contributed by atoms with E-state index in [-0.39, 0.29) is 17.7 Å². The summed E-state index contributed by atoms with van der Waals surface area (Å²) < 4.78 is 3.92. The van der Waals surface area contributed by atoms with Crippen molar-refractivity contribution in [3.63, 3.8) is 0 Å². The van der Waals surface area contributed by atoms with Gasteiger partial charge in [0.2, 0.25) is 5.91 Å². The minimum absolute atomic E-state index is 0.141. The summed E-state index contributed by atoms with van der Waals surface area (Å²) in [6.45, 7) is 6.66. The second-order valence-electron chi connectivity index (χ2n) is 7.60. The number of nitrogens with zero attached hydrogens (tertiary/aromatic N) is 5. The highest BCUT2D eigenvalue weighted by Crippen LogP contribution is 2.23. The number of imidazole rings is 1. The van der Waals surface area contributed by atoms with Crippen LogP contribution in [0, 0.1) is 11.8 Å². The molecule has 1 saturated heterocycles.